The highest BCUT2D eigenvalue weighted by molar-refractivity contribution is 7.16. The van der Waals surface area contributed by atoms with Gasteiger partial charge in [-0.3, -0.25) is 4.79 Å². The minimum atomic E-state index is -0.786. The number of fused-ring (bicyclic) bond motifs is 1. The lowest BCUT2D eigenvalue weighted by molar-refractivity contribution is -0.149. The number of ether oxygens (including phenoxy) is 1. The zero-order valence-corrected chi connectivity index (χ0v) is 18.8. The van der Waals surface area contributed by atoms with E-state index in [1.807, 2.05) is 24.3 Å². The van der Waals surface area contributed by atoms with E-state index in [4.69, 9.17) is 9.84 Å². The van der Waals surface area contributed by atoms with E-state index in [1.54, 1.807) is 26.8 Å². The molecule has 31 heavy (non-hydrogen) atoms. The lowest BCUT2D eigenvalue weighted by Gasteiger charge is -2.31. The van der Waals surface area contributed by atoms with E-state index < -0.39 is 17.5 Å². The molecule has 0 radical (unpaired) electrons. The molecule has 0 aliphatic carbocycles. The van der Waals surface area contributed by atoms with Crippen LogP contribution < -0.4 is 4.90 Å². The van der Waals surface area contributed by atoms with Crippen LogP contribution in [0.15, 0.2) is 35.9 Å². The average molecular weight is 439 g/mol. The van der Waals surface area contributed by atoms with Gasteiger partial charge >= 0.3 is 11.9 Å². The lowest BCUT2D eigenvalue weighted by atomic mass is 9.98. The Kier molecular flexibility index (Phi) is 6.81. The number of benzene rings is 1. The van der Waals surface area contributed by atoms with Crippen LogP contribution in [0.1, 0.15) is 44.1 Å². The zero-order chi connectivity index (χ0) is 22.6. The molecule has 2 heterocycles. The van der Waals surface area contributed by atoms with Crippen LogP contribution in [0, 0.1) is 11.3 Å². The number of carboxylic acids is 1. The number of thiophene rings is 1. The van der Waals surface area contributed by atoms with Crippen LogP contribution in [0.5, 0.6) is 0 Å². The summed E-state index contributed by atoms with van der Waals surface area (Å²) in [6.07, 6.45) is 3.65. The summed E-state index contributed by atoms with van der Waals surface area (Å²) in [4.78, 5) is 27.1. The van der Waals surface area contributed by atoms with Gasteiger partial charge in [-0.2, -0.15) is 5.26 Å². The van der Waals surface area contributed by atoms with Gasteiger partial charge in [0.25, 0.3) is 0 Å². The molecule has 1 aliphatic heterocycles. The summed E-state index contributed by atoms with van der Waals surface area (Å²) in [5, 5.41) is 18.3. The third-order valence-electron chi connectivity index (χ3n) is 4.83. The largest absolute Gasteiger partial charge is 0.481 e. The zero-order valence-electron chi connectivity index (χ0n) is 18.0. The molecule has 0 atom stereocenters. The third-order valence-corrected chi connectivity index (χ3v) is 5.91. The van der Waals surface area contributed by atoms with Crippen molar-refractivity contribution in [3.63, 3.8) is 0 Å². The van der Waals surface area contributed by atoms with Crippen molar-refractivity contribution in [1.82, 2.24) is 0 Å². The van der Waals surface area contributed by atoms with E-state index in [0.29, 0.717) is 6.54 Å². The van der Waals surface area contributed by atoms with Crippen LogP contribution in [0.4, 0.5) is 5.69 Å². The summed E-state index contributed by atoms with van der Waals surface area (Å²) < 4.78 is 5.29. The molecule has 6 nitrogen and oxygen atoms in total. The summed E-state index contributed by atoms with van der Waals surface area (Å²) in [5.74, 6) is -1.41. The molecule has 0 saturated carbocycles. The monoisotopic (exact) mass is 438 g/mol. The Balaban J connectivity index is 1.80. The fraction of sp³-hybridized carbons (Fsp3) is 0.375. The second-order valence-corrected chi connectivity index (χ2v) is 9.57. The highest BCUT2D eigenvalue weighted by Crippen LogP contribution is 2.35. The first-order valence-corrected chi connectivity index (χ1v) is 11.0. The van der Waals surface area contributed by atoms with E-state index in [0.717, 1.165) is 40.4 Å². The average Bonchev–Trinajstić information content (AvgIpc) is 3.17. The highest BCUT2D eigenvalue weighted by atomic mass is 32.1. The number of nitriles is 1. The van der Waals surface area contributed by atoms with E-state index in [-0.39, 0.29) is 12.0 Å². The first-order valence-electron chi connectivity index (χ1n) is 10.2. The van der Waals surface area contributed by atoms with E-state index >= 15 is 0 Å². The van der Waals surface area contributed by atoms with Crippen LogP contribution >= 0.6 is 11.3 Å². The Bertz CT molecular complexity index is 1060. The van der Waals surface area contributed by atoms with Crippen molar-refractivity contribution >= 4 is 35.0 Å². The Labute approximate surface area is 186 Å². The smallest absolute Gasteiger partial charge is 0.349 e. The first kappa shape index (κ1) is 22.6. The van der Waals surface area contributed by atoms with Gasteiger partial charge in [0.05, 0.1) is 6.42 Å². The van der Waals surface area contributed by atoms with Crippen molar-refractivity contribution in [2.45, 2.75) is 45.6 Å². The van der Waals surface area contributed by atoms with Crippen LogP contribution in [0.3, 0.4) is 0 Å². The minimum Gasteiger partial charge on any atom is -0.481 e. The van der Waals surface area contributed by atoms with Gasteiger partial charge in [0.2, 0.25) is 0 Å². The van der Waals surface area contributed by atoms with E-state index in [1.165, 1.54) is 16.9 Å². The molecule has 0 saturated heterocycles. The van der Waals surface area contributed by atoms with Gasteiger partial charge in [-0.15, -0.1) is 11.3 Å². The number of anilines is 1. The molecule has 162 valence electrons. The van der Waals surface area contributed by atoms with E-state index in [2.05, 4.69) is 17.0 Å². The number of esters is 1. The molecule has 1 aromatic heterocycles. The van der Waals surface area contributed by atoms with E-state index in [9.17, 15) is 14.9 Å². The number of hydrogen-bond donors (Lipinski definition) is 1. The maximum Gasteiger partial charge on any atom is 0.349 e. The lowest BCUT2D eigenvalue weighted by Crippen LogP contribution is -2.31. The fourth-order valence-electron chi connectivity index (χ4n) is 3.49. The molecular weight excluding hydrogens is 412 g/mol. The molecule has 0 spiro atoms. The standard InChI is InChI=1S/C24H26N2O4S/c1-24(2,3)30-23(29)18(15-25)14-19-7-9-21(31-19)17-6-8-20-16(13-17)5-4-11-26(20)12-10-22(27)28/h6-9,13-14H,4-5,10-12H2,1-3H3,(H,27,28). The van der Waals surface area contributed by atoms with Crippen LogP contribution in [0.2, 0.25) is 0 Å². The van der Waals surface area contributed by atoms with Gasteiger partial charge in [-0.25, -0.2) is 4.79 Å². The number of nitrogens with zero attached hydrogens (tertiary/aromatic N) is 2. The molecule has 7 heteroatoms. The van der Waals surface area contributed by atoms with Gasteiger partial charge in [-0.05, 0) is 75.1 Å². The van der Waals surface area contributed by atoms with Crippen molar-refractivity contribution in [2.75, 3.05) is 18.0 Å². The molecule has 1 aliphatic rings. The Morgan fingerprint density at radius 2 is 2.06 bits per heavy atom. The molecule has 0 unspecified atom stereocenters. The molecule has 0 amide bonds. The van der Waals surface area contributed by atoms with Crippen molar-refractivity contribution in [1.29, 1.82) is 5.26 Å². The third kappa shape index (κ3) is 5.96. The second-order valence-electron chi connectivity index (χ2n) is 8.45. The first-order chi connectivity index (χ1) is 14.7. The maximum absolute atomic E-state index is 12.2. The molecular formula is C24H26N2O4S. The van der Waals surface area contributed by atoms with Crippen molar-refractivity contribution in [3.05, 3.63) is 46.3 Å². The highest BCUT2D eigenvalue weighted by Gasteiger charge is 2.21. The number of carboxylic acid groups (broad SMARTS) is 1. The van der Waals surface area contributed by atoms with Crippen LogP contribution in [0.25, 0.3) is 16.5 Å². The number of aryl methyl sites for hydroxylation is 1. The summed E-state index contributed by atoms with van der Waals surface area (Å²) in [5.41, 5.74) is 2.70. The SMILES string of the molecule is CC(C)(C)OC(=O)C(C#N)=Cc1ccc(-c2ccc3c(c2)CCCN3CCC(=O)O)s1. The molecule has 3 rings (SSSR count). The van der Waals surface area contributed by atoms with Gasteiger partial charge in [0.15, 0.2) is 0 Å². The minimum absolute atomic E-state index is 0.0251. The molecule has 1 N–H and O–H groups in total. The Hall–Kier alpha value is -3.11. The quantitative estimate of drug-likeness (QED) is 0.392. The molecule has 2 aromatic rings. The number of hydrogen-bond acceptors (Lipinski definition) is 6. The fourth-order valence-corrected chi connectivity index (χ4v) is 4.44. The molecule has 0 fully saturated rings. The van der Waals surface area contributed by atoms with Gasteiger partial charge in [0.1, 0.15) is 17.2 Å². The Morgan fingerprint density at radius 1 is 1.29 bits per heavy atom. The van der Waals surface area contributed by atoms with Gasteiger partial charge in [0, 0.05) is 28.5 Å². The van der Waals surface area contributed by atoms with Crippen molar-refractivity contribution in [2.24, 2.45) is 0 Å². The summed E-state index contributed by atoms with van der Waals surface area (Å²) in [6, 6.07) is 12.1. The van der Waals surface area contributed by atoms with Gasteiger partial charge < -0.3 is 14.7 Å². The summed E-state index contributed by atoms with van der Waals surface area (Å²) in [6.45, 7) is 6.68. The van der Waals surface area contributed by atoms with Crippen LogP contribution in [-0.2, 0) is 20.7 Å². The number of aliphatic carboxylic acids is 1. The molecule has 1 aromatic carbocycles. The summed E-state index contributed by atoms with van der Waals surface area (Å²) in [7, 11) is 0. The predicted octanol–water partition coefficient (Wildman–Crippen LogP) is 4.89. The number of carbonyl (C=O) groups excluding carboxylic acids is 1. The number of carbonyl (C=O) groups is 2. The maximum atomic E-state index is 12.2. The number of rotatable bonds is 6. The normalized spacial score (nSPS) is 14.0. The van der Waals surface area contributed by atoms with Crippen molar-refractivity contribution < 1.29 is 19.4 Å². The second kappa shape index (κ2) is 9.36. The topological polar surface area (TPSA) is 90.6 Å². The van der Waals surface area contributed by atoms with Crippen LogP contribution in [-0.4, -0.2) is 35.7 Å². The molecule has 0 bridgehead atoms. The Morgan fingerprint density at radius 3 is 2.74 bits per heavy atom. The predicted molar refractivity (Wildman–Crippen MR) is 122 cm³/mol. The summed E-state index contributed by atoms with van der Waals surface area (Å²) >= 11 is 1.50. The van der Waals surface area contributed by atoms with Gasteiger partial charge in [-0.1, -0.05) is 6.07 Å². The van der Waals surface area contributed by atoms with Crippen molar-refractivity contribution in [3.8, 4) is 16.5 Å².